The van der Waals surface area contributed by atoms with E-state index in [4.69, 9.17) is 10.00 Å². The van der Waals surface area contributed by atoms with Crippen molar-refractivity contribution in [1.29, 1.82) is 5.26 Å². The first kappa shape index (κ1) is 15.5. The molecule has 0 spiro atoms. The summed E-state index contributed by atoms with van der Waals surface area (Å²) >= 11 is 3.38. The summed E-state index contributed by atoms with van der Waals surface area (Å²) < 4.78 is 6.75. The third kappa shape index (κ3) is 3.51. The zero-order valence-electron chi connectivity index (χ0n) is 12.3. The zero-order valence-corrected chi connectivity index (χ0v) is 13.9. The van der Waals surface area contributed by atoms with Gasteiger partial charge in [-0.1, -0.05) is 15.9 Å². The minimum absolute atomic E-state index is 0.0126. The third-order valence-electron chi connectivity index (χ3n) is 3.76. The Morgan fingerprint density at radius 3 is 2.96 bits per heavy atom. The number of halogens is 1. The first-order valence-electron chi connectivity index (χ1n) is 7.22. The molecule has 0 amide bonds. The number of carbonyl (C=O) groups is 1. The summed E-state index contributed by atoms with van der Waals surface area (Å²) in [7, 11) is 0. The Balaban J connectivity index is 1.68. The summed E-state index contributed by atoms with van der Waals surface area (Å²) in [6, 6.07) is 11.1. The quantitative estimate of drug-likeness (QED) is 0.772. The van der Waals surface area contributed by atoms with Crippen molar-refractivity contribution in [3.63, 3.8) is 0 Å². The molecule has 1 aromatic heterocycles. The molecule has 1 fully saturated rings. The molecule has 3 rings (SSSR count). The lowest BCUT2D eigenvalue weighted by Gasteiger charge is -2.20. The van der Waals surface area contributed by atoms with E-state index < -0.39 is 0 Å². The molecule has 116 valence electrons. The van der Waals surface area contributed by atoms with Crippen LogP contribution in [0.5, 0.6) is 5.88 Å². The molecule has 1 atom stereocenters. The zero-order chi connectivity index (χ0) is 16.2. The van der Waals surface area contributed by atoms with E-state index in [1.165, 1.54) is 6.20 Å². The lowest BCUT2D eigenvalue weighted by atomic mass is 10.2. The average molecular weight is 372 g/mol. The standard InChI is InChI=1S/C17H14BrN3O2/c18-14-2-3-16(13(7-14)11-22)21-6-5-15(10-21)23-17-4-1-12(8-19)9-20-17/h1-4,7,9,11,15H,5-6,10H2/t15-/m0/s1. The topological polar surface area (TPSA) is 66.2 Å². The molecule has 0 radical (unpaired) electrons. The van der Waals surface area contributed by atoms with Crippen LogP contribution in [0.4, 0.5) is 5.69 Å². The highest BCUT2D eigenvalue weighted by atomic mass is 79.9. The third-order valence-corrected chi connectivity index (χ3v) is 4.25. The number of benzene rings is 1. The van der Waals surface area contributed by atoms with Crippen molar-refractivity contribution in [3.8, 4) is 11.9 Å². The molecule has 0 saturated carbocycles. The van der Waals surface area contributed by atoms with E-state index in [0.29, 0.717) is 23.6 Å². The van der Waals surface area contributed by atoms with Gasteiger partial charge in [-0.15, -0.1) is 0 Å². The molecule has 1 aromatic carbocycles. The van der Waals surface area contributed by atoms with Gasteiger partial charge in [0.1, 0.15) is 12.2 Å². The molecule has 0 N–H and O–H groups in total. The largest absolute Gasteiger partial charge is 0.472 e. The summed E-state index contributed by atoms with van der Waals surface area (Å²) in [6.45, 7) is 1.52. The Labute approximate surface area is 142 Å². The van der Waals surface area contributed by atoms with Gasteiger partial charge in [0, 0.05) is 41.0 Å². The lowest BCUT2D eigenvalue weighted by molar-refractivity contribution is 0.112. The monoisotopic (exact) mass is 371 g/mol. The predicted octanol–water partition coefficient (Wildman–Crippen LogP) is 3.19. The van der Waals surface area contributed by atoms with E-state index in [1.54, 1.807) is 12.1 Å². The average Bonchev–Trinajstić information content (AvgIpc) is 3.03. The van der Waals surface area contributed by atoms with Crippen molar-refractivity contribution in [2.24, 2.45) is 0 Å². The number of hydrogen-bond donors (Lipinski definition) is 0. The fourth-order valence-electron chi connectivity index (χ4n) is 2.64. The second kappa shape index (κ2) is 6.80. The molecule has 0 unspecified atom stereocenters. The van der Waals surface area contributed by atoms with Crippen molar-refractivity contribution < 1.29 is 9.53 Å². The van der Waals surface area contributed by atoms with E-state index in [1.807, 2.05) is 24.3 Å². The number of hydrogen-bond acceptors (Lipinski definition) is 5. The van der Waals surface area contributed by atoms with Crippen LogP contribution in [0, 0.1) is 11.3 Å². The van der Waals surface area contributed by atoms with Gasteiger partial charge in [0.05, 0.1) is 12.1 Å². The number of ether oxygens (including phenoxy) is 1. The van der Waals surface area contributed by atoms with Gasteiger partial charge in [-0.3, -0.25) is 4.79 Å². The lowest BCUT2D eigenvalue weighted by Crippen LogP contribution is -2.25. The van der Waals surface area contributed by atoms with Crippen LogP contribution in [0.15, 0.2) is 41.0 Å². The van der Waals surface area contributed by atoms with Crippen molar-refractivity contribution in [2.75, 3.05) is 18.0 Å². The first-order chi connectivity index (χ1) is 11.2. The molecule has 0 aliphatic carbocycles. The molecule has 2 heterocycles. The van der Waals surface area contributed by atoms with Crippen LogP contribution in [0.1, 0.15) is 22.3 Å². The van der Waals surface area contributed by atoms with Gasteiger partial charge in [0.2, 0.25) is 5.88 Å². The number of aromatic nitrogens is 1. The molecule has 0 bridgehead atoms. The van der Waals surface area contributed by atoms with Gasteiger partial charge in [0.25, 0.3) is 0 Å². The van der Waals surface area contributed by atoms with Gasteiger partial charge in [-0.05, 0) is 24.3 Å². The highest BCUT2D eigenvalue weighted by molar-refractivity contribution is 9.10. The minimum atomic E-state index is 0.0126. The first-order valence-corrected chi connectivity index (χ1v) is 8.01. The number of nitriles is 1. The summed E-state index contributed by atoms with van der Waals surface area (Å²) in [5.41, 5.74) is 2.09. The number of carbonyl (C=O) groups excluding carboxylic acids is 1. The fraction of sp³-hybridized carbons (Fsp3) is 0.235. The molecule has 1 saturated heterocycles. The fourth-order valence-corrected chi connectivity index (χ4v) is 3.02. The number of rotatable bonds is 4. The van der Waals surface area contributed by atoms with Crippen LogP contribution in [-0.2, 0) is 0 Å². The molecule has 1 aliphatic rings. The van der Waals surface area contributed by atoms with E-state index in [9.17, 15) is 4.79 Å². The SMILES string of the molecule is N#Cc1ccc(O[C@H]2CCN(c3ccc(Br)cc3C=O)C2)nc1. The molecular formula is C17H14BrN3O2. The van der Waals surface area contributed by atoms with Gasteiger partial charge in [-0.2, -0.15) is 5.26 Å². The Morgan fingerprint density at radius 2 is 2.26 bits per heavy atom. The summed E-state index contributed by atoms with van der Waals surface area (Å²) in [5, 5.41) is 8.77. The van der Waals surface area contributed by atoms with Crippen molar-refractivity contribution >= 4 is 27.9 Å². The maximum atomic E-state index is 11.3. The Morgan fingerprint density at radius 1 is 1.39 bits per heavy atom. The molecular weight excluding hydrogens is 358 g/mol. The Bertz CT molecular complexity index is 755. The second-order valence-electron chi connectivity index (χ2n) is 5.29. The number of nitrogens with zero attached hydrogens (tertiary/aromatic N) is 3. The maximum absolute atomic E-state index is 11.3. The van der Waals surface area contributed by atoms with Crippen LogP contribution < -0.4 is 9.64 Å². The van der Waals surface area contributed by atoms with Gasteiger partial charge >= 0.3 is 0 Å². The summed E-state index contributed by atoms with van der Waals surface area (Å²) in [5.74, 6) is 0.516. The molecule has 1 aliphatic heterocycles. The van der Waals surface area contributed by atoms with Crippen LogP contribution in [0.25, 0.3) is 0 Å². The van der Waals surface area contributed by atoms with Gasteiger partial charge in [0.15, 0.2) is 6.29 Å². The van der Waals surface area contributed by atoms with Crippen LogP contribution in [0.2, 0.25) is 0 Å². The van der Waals surface area contributed by atoms with Crippen molar-refractivity contribution in [2.45, 2.75) is 12.5 Å². The molecule has 6 heteroatoms. The number of anilines is 1. The van der Waals surface area contributed by atoms with Gasteiger partial charge < -0.3 is 9.64 Å². The Kier molecular flexibility index (Phi) is 4.58. The predicted molar refractivity (Wildman–Crippen MR) is 89.7 cm³/mol. The van der Waals surface area contributed by atoms with Crippen LogP contribution in [0.3, 0.4) is 0 Å². The van der Waals surface area contributed by atoms with Crippen molar-refractivity contribution in [1.82, 2.24) is 4.98 Å². The van der Waals surface area contributed by atoms with Gasteiger partial charge in [-0.25, -0.2) is 4.98 Å². The maximum Gasteiger partial charge on any atom is 0.213 e. The Hall–Kier alpha value is -2.39. The molecule has 2 aromatic rings. The smallest absolute Gasteiger partial charge is 0.213 e. The van der Waals surface area contributed by atoms with E-state index >= 15 is 0 Å². The van der Waals surface area contributed by atoms with Crippen LogP contribution >= 0.6 is 15.9 Å². The van der Waals surface area contributed by atoms with E-state index in [-0.39, 0.29) is 6.10 Å². The molecule has 23 heavy (non-hydrogen) atoms. The number of aldehydes is 1. The summed E-state index contributed by atoms with van der Waals surface area (Å²) in [4.78, 5) is 17.5. The number of pyridine rings is 1. The minimum Gasteiger partial charge on any atom is -0.472 e. The van der Waals surface area contributed by atoms with E-state index in [2.05, 4.69) is 25.8 Å². The normalized spacial score (nSPS) is 16.9. The molecule has 5 nitrogen and oxygen atoms in total. The van der Waals surface area contributed by atoms with E-state index in [0.717, 1.165) is 29.4 Å². The highest BCUT2D eigenvalue weighted by Crippen LogP contribution is 2.27. The highest BCUT2D eigenvalue weighted by Gasteiger charge is 2.26. The van der Waals surface area contributed by atoms with Crippen LogP contribution in [-0.4, -0.2) is 30.5 Å². The second-order valence-corrected chi connectivity index (χ2v) is 6.21. The summed E-state index contributed by atoms with van der Waals surface area (Å²) in [6.07, 6.45) is 3.24. The van der Waals surface area contributed by atoms with Crippen molar-refractivity contribution in [3.05, 3.63) is 52.1 Å².